The SMILES string of the molecule is COCCC1CC(NC(C)c2cc(F)c(-c3ccnc(C(C)(C)C)c3)cc2F)=CN1. The minimum atomic E-state index is -0.442. The first-order valence-corrected chi connectivity index (χ1v) is 10.4. The summed E-state index contributed by atoms with van der Waals surface area (Å²) in [5.41, 5.74) is 2.83. The van der Waals surface area contributed by atoms with Gasteiger partial charge in [-0.15, -0.1) is 0 Å². The maximum atomic E-state index is 15.0. The zero-order chi connectivity index (χ0) is 21.9. The molecule has 2 aromatic rings. The first-order chi connectivity index (χ1) is 14.2. The van der Waals surface area contributed by atoms with Crippen molar-refractivity contribution in [3.8, 4) is 11.1 Å². The van der Waals surface area contributed by atoms with Gasteiger partial charge in [-0.3, -0.25) is 4.98 Å². The Hall–Kier alpha value is -2.47. The van der Waals surface area contributed by atoms with Crippen LogP contribution in [0.4, 0.5) is 8.78 Å². The number of ether oxygens (including phenoxy) is 1. The Labute approximate surface area is 177 Å². The van der Waals surface area contributed by atoms with Crippen LogP contribution in [-0.2, 0) is 10.2 Å². The van der Waals surface area contributed by atoms with Crippen LogP contribution >= 0.6 is 0 Å². The van der Waals surface area contributed by atoms with Crippen molar-refractivity contribution >= 4 is 0 Å². The van der Waals surface area contributed by atoms with E-state index >= 15 is 0 Å². The normalized spacial score (nSPS) is 17.4. The molecular formula is C24H31F2N3O. The molecule has 2 unspecified atom stereocenters. The number of halogens is 2. The van der Waals surface area contributed by atoms with E-state index in [0.29, 0.717) is 23.8 Å². The Kier molecular flexibility index (Phi) is 6.76. The lowest BCUT2D eigenvalue weighted by Gasteiger charge is -2.20. The second-order valence-corrected chi connectivity index (χ2v) is 8.92. The quantitative estimate of drug-likeness (QED) is 0.651. The first kappa shape index (κ1) is 22.2. The molecule has 1 aliphatic heterocycles. The molecule has 0 saturated carbocycles. The number of nitrogens with one attached hydrogen (secondary N) is 2. The van der Waals surface area contributed by atoms with Crippen molar-refractivity contribution in [1.29, 1.82) is 0 Å². The summed E-state index contributed by atoms with van der Waals surface area (Å²) in [6, 6.07) is 6.06. The van der Waals surface area contributed by atoms with Gasteiger partial charge >= 0.3 is 0 Å². The zero-order valence-electron chi connectivity index (χ0n) is 18.4. The molecule has 3 rings (SSSR count). The summed E-state index contributed by atoms with van der Waals surface area (Å²) >= 11 is 0. The molecule has 0 fully saturated rings. The van der Waals surface area contributed by atoms with Gasteiger partial charge in [0.05, 0.1) is 6.04 Å². The molecule has 162 valence electrons. The van der Waals surface area contributed by atoms with E-state index in [4.69, 9.17) is 4.74 Å². The Bertz CT molecular complexity index is 921. The number of hydrogen-bond donors (Lipinski definition) is 2. The summed E-state index contributed by atoms with van der Waals surface area (Å²) in [6.45, 7) is 8.64. The van der Waals surface area contributed by atoms with Crippen LogP contribution in [0.1, 0.15) is 57.8 Å². The van der Waals surface area contributed by atoms with Crippen molar-refractivity contribution in [2.75, 3.05) is 13.7 Å². The lowest BCUT2D eigenvalue weighted by Crippen LogP contribution is -2.22. The number of rotatable bonds is 7. The minimum Gasteiger partial charge on any atom is -0.386 e. The summed E-state index contributed by atoms with van der Waals surface area (Å²) in [5, 5.41) is 6.59. The highest BCUT2D eigenvalue weighted by molar-refractivity contribution is 5.65. The van der Waals surface area contributed by atoms with Gasteiger partial charge in [-0.05, 0) is 43.2 Å². The second kappa shape index (κ2) is 9.13. The molecule has 6 heteroatoms. The number of pyridine rings is 1. The van der Waals surface area contributed by atoms with Gasteiger partial charge in [0.25, 0.3) is 0 Å². The number of benzene rings is 1. The Morgan fingerprint density at radius 2 is 2.00 bits per heavy atom. The molecule has 0 spiro atoms. The van der Waals surface area contributed by atoms with E-state index in [1.54, 1.807) is 19.4 Å². The molecule has 1 aromatic carbocycles. The third-order valence-electron chi connectivity index (χ3n) is 5.42. The van der Waals surface area contributed by atoms with E-state index in [1.807, 2.05) is 40.0 Å². The number of methoxy groups -OCH3 is 1. The number of nitrogens with zero attached hydrogens (tertiary/aromatic N) is 1. The molecule has 2 N–H and O–H groups in total. The largest absolute Gasteiger partial charge is 0.386 e. The van der Waals surface area contributed by atoms with E-state index in [9.17, 15) is 8.78 Å². The Balaban J connectivity index is 1.77. The van der Waals surface area contributed by atoms with Crippen molar-refractivity contribution in [3.05, 3.63) is 65.3 Å². The van der Waals surface area contributed by atoms with Gasteiger partial charge in [0.1, 0.15) is 11.6 Å². The fraction of sp³-hybridized carbons (Fsp3) is 0.458. The molecular weight excluding hydrogens is 384 g/mol. The lowest BCUT2D eigenvalue weighted by atomic mass is 9.89. The fourth-order valence-corrected chi connectivity index (χ4v) is 3.63. The van der Waals surface area contributed by atoms with Crippen LogP contribution in [0.15, 0.2) is 42.4 Å². The first-order valence-electron chi connectivity index (χ1n) is 10.4. The third-order valence-corrected chi connectivity index (χ3v) is 5.42. The summed E-state index contributed by atoms with van der Waals surface area (Å²) in [6.07, 6.45) is 5.25. The average Bonchev–Trinajstić information content (AvgIpc) is 3.14. The predicted molar refractivity (Wildman–Crippen MR) is 116 cm³/mol. The Morgan fingerprint density at radius 1 is 1.23 bits per heavy atom. The highest BCUT2D eigenvalue weighted by Crippen LogP contribution is 2.31. The maximum absolute atomic E-state index is 15.0. The van der Waals surface area contributed by atoms with Gasteiger partial charge in [-0.1, -0.05) is 20.8 Å². The van der Waals surface area contributed by atoms with Crippen molar-refractivity contribution in [1.82, 2.24) is 15.6 Å². The van der Waals surface area contributed by atoms with Crippen LogP contribution in [0.2, 0.25) is 0 Å². The molecule has 0 amide bonds. The van der Waals surface area contributed by atoms with Gasteiger partial charge in [-0.25, -0.2) is 8.78 Å². The van der Waals surface area contributed by atoms with Crippen LogP contribution in [0.25, 0.3) is 11.1 Å². The third kappa shape index (κ3) is 5.17. The van der Waals surface area contributed by atoms with Gasteiger partial charge in [0, 0.05) is 66.5 Å². The van der Waals surface area contributed by atoms with Gasteiger partial charge in [-0.2, -0.15) is 0 Å². The van der Waals surface area contributed by atoms with Crippen molar-refractivity contribution in [2.45, 2.75) is 58.0 Å². The molecule has 1 aliphatic rings. The monoisotopic (exact) mass is 415 g/mol. The van der Waals surface area contributed by atoms with Crippen LogP contribution in [0, 0.1) is 11.6 Å². The van der Waals surface area contributed by atoms with Gasteiger partial charge in [0.15, 0.2) is 0 Å². The molecule has 0 bridgehead atoms. The maximum Gasteiger partial charge on any atom is 0.131 e. The van der Waals surface area contributed by atoms with Crippen LogP contribution in [0.3, 0.4) is 0 Å². The van der Waals surface area contributed by atoms with E-state index < -0.39 is 11.6 Å². The summed E-state index contributed by atoms with van der Waals surface area (Å²) in [4.78, 5) is 4.37. The van der Waals surface area contributed by atoms with E-state index in [-0.39, 0.29) is 17.0 Å². The summed E-state index contributed by atoms with van der Waals surface area (Å²) < 4.78 is 35.0. The summed E-state index contributed by atoms with van der Waals surface area (Å²) in [7, 11) is 1.68. The molecule has 30 heavy (non-hydrogen) atoms. The standard InChI is InChI=1S/C24H31F2N3O/c1-15(29-18-11-17(28-14-18)7-9-30-5)19-12-22(26)20(13-21(19)25)16-6-8-27-23(10-16)24(2,3)4/h6,8,10,12-15,17,28-29H,7,9,11H2,1-5H3. The van der Waals surface area contributed by atoms with Gasteiger partial charge in [0.2, 0.25) is 0 Å². The summed E-state index contributed by atoms with van der Waals surface area (Å²) in [5.74, 6) is -0.870. The molecule has 0 radical (unpaired) electrons. The lowest BCUT2D eigenvalue weighted by molar-refractivity contribution is 0.186. The van der Waals surface area contributed by atoms with E-state index in [0.717, 1.165) is 24.2 Å². The fourth-order valence-electron chi connectivity index (χ4n) is 3.63. The van der Waals surface area contributed by atoms with Crippen LogP contribution < -0.4 is 10.6 Å². The van der Waals surface area contributed by atoms with Crippen molar-refractivity contribution in [3.63, 3.8) is 0 Å². The van der Waals surface area contributed by atoms with Crippen molar-refractivity contribution < 1.29 is 13.5 Å². The molecule has 0 saturated heterocycles. The van der Waals surface area contributed by atoms with Crippen LogP contribution in [-0.4, -0.2) is 24.7 Å². The smallest absolute Gasteiger partial charge is 0.131 e. The minimum absolute atomic E-state index is 0.173. The van der Waals surface area contributed by atoms with Gasteiger partial charge < -0.3 is 15.4 Å². The number of aromatic nitrogens is 1. The molecule has 2 heterocycles. The van der Waals surface area contributed by atoms with E-state index in [2.05, 4.69) is 15.6 Å². The van der Waals surface area contributed by atoms with Crippen molar-refractivity contribution in [2.24, 2.45) is 0 Å². The van der Waals surface area contributed by atoms with E-state index in [1.165, 1.54) is 12.1 Å². The predicted octanol–water partition coefficient (Wildman–Crippen LogP) is 5.21. The molecule has 1 aromatic heterocycles. The topological polar surface area (TPSA) is 46.2 Å². The molecule has 0 aliphatic carbocycles. The molecule has 4 nitrogen and oxygen atoms in total. The highest BCUT2D eigenvalue weighted by Gasteiger charge is 2.22. The highest BCUT2D eigenvalue weighted by atomic mass is 19.1. The Morgan fingerprint density at radius 3 is 2.70 bits per heavy atom. The average molecular weight is 416 g/mol. The van der Waals surface area contributed by atoms with Crippen LogP contribution in [0.5, 0.6) is 0 Å². The zero-order valence-corrected chi connectivity index (χ0v) is 18.4. The second-order valence-electron chi connectivity index (χ2n) is 8.92. The number of hydrogen-bond acceptors (Lipinski definition) is 4. The molecule has 2 atom stereocenters.